The van der Waals surface area contributed by atoms with Gasteiger partial charge in [-0.05, 0) is 18.9 Å². The summed E-state index contributed by atoms with van der Waals surface area (Å²) in [6.07, 6.45) is 4.64. The van der Waals surface area contributed by atoms with Gasteiger partial charge >= 0.3 is 0 Å². The standard InChI is InChI=1S/C11H19N3O2/c15-10-2-6-13(7-3-10)8-11(16)9-14-5-1-4-12-14/h1,4-5,10-11,15-16H,2-3,6-9H2. The molecule has 0 saturated carbocycles. The molecule has 2 heterocycles. The van der Waals surface area contributed by atoms with E-state index in [4.69, 9.17) is 0 Å². The van der Waals surface area contributed by atoms with Crippen molar-refractivity contribution >= 4 is 0 Å². The number of aliphatic hydroxyl groups is 2. The Labute approximate surface area is 95.3 Å². The van der Waals surface area contributed by atoms with Gasteiger partial charge in [0.1, 0.15) is 0 Å². The molecule has 0 spiro atoms. The van der Waals surface area contributed by atoms with Gasteiger partial charge in [-0.3, -0.25) is 4.68 Å². The fourth-order valence-electron chi connectivity index (χ4n) is 2.08. The molecule has 1 fully saturated rings. The lowest BCUT2D eigenvalue weighted by atomic mass is 10.1. The first kappa shape index (κ1) is 11.6. The molecule has 1 aromatic heterocycles. The average Bonchev–Trinajstić information content (AvgIpc) is 2.74. The molecule has 1 aromatic rings. The Morgan fingerprint density at radius 3 is 2.69 bits per heavy atom. The Balaban J connectivity index is 1.72. The van der Waals surface area contributed by atoms with Gasteiger partial charge in [-0.15, -0.1) is 0 Å². The molecule has 90 valence electrons. The molecule has 0 amide bonds. The smallest absolute Gasteiger partial charge is 0.0862 e. The van der Waals surface area contributed by atoms with E-state index in [9.17, 15) is 10.2 Å². The number of likely N-dealkylation sites (tertiary alicyclic amines) is 1. The first-order valence-electron chi connectivity index (χ1n) is 5.80. The zero-order valence-corrected chi connectivity index (χ0v) is 9.37. The Morgan fingerprint density at radius 1 is 1.31 bits per heavy atom. The van der Waals surface area contributed by atoms with Crippen molar-refractivity contribution in [3.63, 3.8) is 0 Å². The van der Waals surface area contributed by atoms with E-state index in [0.29, 0.717) is 13.1 Å². The van der Waals surface area contributed by atoms with E-state index in [2.05, 4.69) is 10.00 Å². The zero-order chi connectivity index (χ0) is 11.4. The van der Waals surface area contributed by atoms with Crippen molar-refractivity contribution in [3.8, 4) is 0 Å². The second kappa shape index (κ2) is 5.43. The summed E-state index contributed by atoms with van der Waals surface area (Å²) in [4.78, 5) is 2.20. The van der Waals surface area contributed by atoms with E-state index in [1.54, 1.807) is 10.9 Å². The molecule has 1 unspecified atom stereocenters. The van der Waals surface area contributed by atoms with Gasteiger partial charge in [0.25, 0.3) is 0 Å². The van der Waals surface area contributed by atoms with Crippen LogP contribution in [0.5, 0.6) is 0 Å². The molecule has 2 rings (SSSR count). The van der Waals surface area contributed by atoms with Crippen LogP contribution in [0.1, 0.15) is 12.8 Å². The minimum absolute atomic E-state index is 0.153. The van der Waals surface area contributed by atoms with Gasteiger partial charge in [0, 0.05) is 32.0 Å². The van der Waals surface area contributed by atoms with Gasteiger partial charge in [-0.25, -0.2) is 0 Å². The SMILES string of the molecule is OC1CCN(CC(O)Cn2cccn2)CC1. The molecule has 0 aliphatic carbocycles. The van der Waals surface area contributed by atoms with Crippen molar-refractivity contribution in [2.24, 2.45) is 0 Å². The summed E-state index contributed by atoms with van der Waals surface area (Å²) in [7, 11) is 0. The van der Waals surface area contributed by atoms with Crippen molar-refractivity contribution in [3.05, 3.63) is 18.5 Å². The van der Waals surface area contributed by atoms with Crippen molar-refractivity contribution in [2.75, 3.05) is 19.6 Å². The first-order valence-corrected chi connectivity index (χ1v) is 5.80. The fraction of sp³-hybridized carbons (Fsp3) is 0.727. The Bertz CT molecular complexity index is 294. The lowest BCUT2D eigenvalue weighted by Crippen LogP contribution is -2.41. The summed E-state index contributed by atoms with van der Waals surface area (Å²) in [5.41, 5.74) is 0. The molecular formula is C11H19N3O2. The molecule has 0 aromatic carbocycles. The quantitative estimate of drug-likeness (QED) is 0.738. The van der Waals surface area contributed by atoms with Crippen LogP contribution >= 0.6 is 0 Å². The molecule has 1 aliphatic rings. The normalized spacial score (nSPS) is 21.1. The van der Waals surface area contributed by atoms with Crippen LogP contribution in [0.4, 0.5) is 0 Å². The summed E-state index contributed by atoms with van der Waals surface area (Å²) >= 11 is 0. The highest BCUT2D eigenvalue weighted by Crippen LogP contribution is 2.10. The minimum Gasteiger partial charge on any atom is -0.393 e. The molecule has 0 bridgehead atoms. The number of β-amino-alcohol motifs (C(OH)–C–C–N with tert-alkyl or cyclic N) is 1. The second-order valence-electron chi connectivity index (χ2n) is 4.41. The van der Waals surface area contributed by atoms with Crippen LogP contribution in [-0.2, 0) is 6.54 Å². The van der Waals surface area contributed by atoms with Crippen molar-refractivity contribution in [2.45, 2.75) is 31.6 Å². The van der Waals surface area contributed by atoms with Gasteiger partial charge in [0.05, 0.1) is 18.8 Å². The van der Waals surface area contributed by atoms with Crippen LogP contribution in [-0.4, -0.2) is 56.7 Å². The lowest BCUT2D eigenvalue weighted by molar-refractivity contribution is 0.0447. The number of nitrogens with zero attached hydrogens (tertiary/aromatic N) is 3. The Morgan fingerprint density at radius 2 is 2.06 bits per heavy atom. The molecule has 1 saturated heterocycles. The highest BCUT2D eigenvalue weighted by atomic mass is 16.3. The summed E-state index contributed by atoms with van der Waals surface area (Å²) in [6.45, 7) is 2.94. The van der Waals surface area contributed by atoms with Crippen LogP contribution in [0.15, 0.2) is 18.5 Å². The van der Waals surface area contributed by atoms with E-state index < -0.39 is 6.10 Å². The summed E-state index contributed by atoms with van der Waals surface area (Å²) in [5, 5.41) is 23.3. The van der Waals surface area contributed by atoms with Gasteiger partial charge < -0.3 is 15.1 Å². The topological polar surface area (TPSA) is 61.5 Å². The van der Waals surface area contributed by atoms with Crippen LogP contribution in [0.3, 0.4) is 0 Å². The van der Waals surface area contributed by atoms with Crippen molar-refractivity contribution in [1.82, 2.24) is 14.7 Å². The van der Waals surface area contributed by atoms with Crippen molar-refractivity contribution in [1.29, 1.82) is 0 Å². The van der Waals surface area contributed by atoms with Gasteiger partial charge in [-0.1, -0.05) is 0 Å². The predicted octanol–water partition coefficient (Wildman–Crippen LogP) is -0.299. The molecule has 1 atom stereocenters. The molecular weight excluding hydrogens is 206 g/mol. The second-order valence-corrected chi connectivity index (χ2v) is 4.41. The lowest BCUT2D eigenvalue weighted by Gasteiger charge is -2.30. The number of piperidine rings is 1. The molecule has 5 nitrogen and oxygen atoms in total. The number of aliphatic hydroxyl groups excluding tert-OH is 2. The summed E-state index contributed by atoms with van der Waals surface area (Å²) in [5.74, 6) is 0. The predicted molar refractivity (Wildman–Crippen MR) is 59.9 cm³/mol. The Kier molecular flexibility index (Phi) is 3.93. The van der Waals surface area contributed by atoms with Crippen LogP contribution in [0.25, 0.3) is 0 Å². The number of hydrogen-bond acceptors (Lipinski definition) is 4. The average molecular weight is 225 g/mol. The van der Waals surface area contributed by atoms with E-state index in [1.165, 1.54) is 0 Å². The van der Waals surface area contributed by atoms with E-state index in [1.807, 2.05) is 12.3 Å². The zero-order valence-electron chi connectivity index (χ0n) is 9.37. The third-order valence-corrected chi connectivity index (χ3v) is 2.98. The molecule has 2 N–H and O–H groups in total. The third-order valence-electron chi connectivity index (χ3n) is 2.98. The van der Waals surface area contributed by atoms with E-state index in [0.717, 1.165) is 25.9 Å². The highest BCUT2D eigenvalue weighted by molar-refractivity contribution is 4.79. The van der Waals surface area contributed by atoms with Gasteiger partial charge in [-0.2, -0.15) is 5.10 Å². The van der Waals surface area contributed by atoms with Crippen molar-refractivity contribution < 1.29 is 10.2 Å². The third kappa shape index (κ3) is 3.30. The number of rotatable bonds is 4. The van der Waals surface area contributed by atoms with E-state index in [-0.39, 0.29) is 6.10 Å². The van der Waals surface area contributed by atoms with Crippen LogP contribution in [0, 0.1) is 0 Å². The first-order chi connectivity index (χ1) is 7.74. The highest BCUT2D eigenvalue weighted by Gasteiger charge is 2.19. The molecule has 16 heavy (non-hydrogen) atoms. The van der Waals surface area contributed by atoms with Gasteiger partial charge in [0.15, 0.2) is 0 Å². The monoisotopic (exact) mass is 225 g/mol. The number of hydrogen-bond donors (Lipinski definition) is 2. The fourth-order valence-corrected chi connectivity index (χ4v) is 2.08. The molecule has 1 aliphatic heterocycles. The Hall–Kier alpha value is -0.910. The number of aromatic nitrogens is 2. The van der Waals surface area contributed by atoms with Gasteiger partial charge in [0.2, 0.25) is 0 Å². The maximum atomic E-state index is 9.87. The minimum atomic E-state index is -0.393. The van der Waals surface area contributed by atoms with Crippen LogP contribution < -0.4 is 0 Å². The maximum absolute atomic E-state index is 9.87. The van der Waals surface area contributed by atoms with Crippen LogP contribution in [0.2, 0.25) is 0 Å². The summed E-state index contributed by atoms with van der Waals surface area (Å²) in [6, 6.07) is 1.85. The molecule has 5 heteroatoms. The molecule has 0 radical (unpaired) electrons. The maximum Gasteiger partial charge on any atom is 0.0862 e. The van der Waals surface area contributed by atoms with E-state index >= 15 is 0 Å². The largest absolute Gasteiger partial charge is 0.393 e. The summed E-state index contributed by atoms with van der Waals surface area (Å²) < 4.78 is 1.74.